The number of hydrogen-bond acceptors (Lipinski definition) is 1. The van der Waals surface area contributed by atoms with Gasteiger partial charge in [-0.15, -0.1) is 0 Å². The average molecular weight is 189 g/mol. The lowest BCUT2D eigenvalue weighted by molar-refractivity contribution is -0.116. The molecule has 0 unspecified atom stereocenters. The largest absolute Gasteiger partial charge is 0.313 e. The molecular formula is C12H15NO. The molecule has 1 aromatic rings. The van der Waals surface area contributed by atoms with Crippen LogP contribution in [0.3, 0.4) is 0 Å². The predicted molar refractivity (Wildman–Crippen MR) is 60.2 cm³/mol. The van der Waals surface area contributed by atoms with Gasteiger partial charge in [0.2, 0.25) is 5.91 Å². The van der Waals surface area contributed by atoms with Gasteiger partial charge in [0.1, 0.15) is 0 Å². The molecule has 1 rings (SSSR count). The van der Waals surface area contributed by atoms with Crippen molar-refractivity contribution in [2.75, 3.05) is 11.4 Å². The van der Waals surface area contributed by atoms with Crippen LogP contribution in [0.2, 0.25) is 0 Å². The highest BCUT2D eigenvalue weighted by atomic mass is 16.2. The standard InChI is InChI=1S/C12H15NO/c1-4-11-6-8-12(9-7-11)13(5-2)10(3)14/h4,6-9H,1,5H2,2-3H3. The smallest absolute Gasteiger partial charge is 0.223 e. The molecule has 0 saturated carbocycles. The van der Waals surface area contributed by atoms with Crippen molar-refractivity contribution in [3.8, 4) is 0 Å². The molecule has 0 spiro atoms. The first kappa shape index (κ1) is 10.5. The molecule has 0 heterocycles. The van der Waals surface area contributed by atoms with Crippen molar-refractivity contribution in [2.45, 2.75) is 13.8 Å². The number of hydrogen-bond donors (Lipinski definition) is 0. The van der Waals surface area contributed by atoms with Crippen molar-refractivity contribution in [1.29, 1.82) is 0 Å². The van der Waals surface area contributed by atoms with Crippen LogP contribution in [0, 0.1) is 0 Å². The molecule has 0 bridgehead atoms. The van der Waals surface area contributed by atoms with E-state index in [9.17, 15) is 4.79 Å². The Bertz CT molecular complexity index is 327. The van der Waals surface area contributed by atoms with Crippen LogP contribution < -0.4 is 4.90 Å². The fourth-order valence-corrected chi connectivity index (χ4v) is 1.38. The normalized spacial score (nSPS) is 9.57. The number of anilines is 1. The molecule has 14 heavy (non-hydrogen) atoms. The third-order valence-electron chi connectivity index (χ3n) is 2.14. The molecule has 1 amide bonds. The Balaban J connectivity index is 2.94. The monoisotopic (exact) mass is 189 g/mol. The Morgan fingerprint density at radius 3 is 2.36 bits per heavy atom. The van der Waals surface area contributed by atoms with Gasteiger partial charge in [0.15, 0.2) is 0 Å². The summed E-state index contributed by atoms with van der Waals surface area (Å²) in [5.74, 6) is 0.0684. The topological polar surface area (TPSA) is 20.3 Å². The minimum Gasteiger partial charge on any atom is -0.313 e. The maximum atomic E-state index is 11.2. The highest BCUT2D eigenvalue weighted by Gasteiger charge is 2.07. The fourth-order valence-electron chi connectivity index (χ4n) is 1.38. The van der Waals surface area contributed by atoms with E-state index in [4.69, 9.17) is 0 Å². The minimum atomic E-state index is 0.0684. The maximum absolute atomic E-state index is 11.2. The highest BCUT2D eigenvalue weighted by Crippen LogP contribution is 2.15. The molecular weight excluding hydrogens is 174 g/mol. The van der Waals surface area contributed by atoms with Crippen LogP contribution in [0.15, 0.2) is 30.8 Å². The van der Waals surface area contributed by atoms with Gasteiger partial charge in [-0.05, 0) is 24.6 Å². The summed E-state index contributed by atoms with van der Waals surface area (Å²) in [6.07, 6.45) is 1.79. The molecule has 0 N–H and O–H groups in total. The lowest BCUT2D eigenvalue weighted by Crippen LogP contribution is -2.27. The van der Waals surface area contributed by atoms with Crippen molar-refractivity contribution in [2.24, 2.45) is 0 Å². The highest BCUT2D eigenvalue weighted by molar-refractivity contribution is 5.91. The van der Waals surface area contributed by atoms with Crippen LogP contribution in [0.4, 0.5) is 5.69 Å². The number of amides is 1. The van der Waals surface area contributed by atoms with Gasteiger partial charge in [-0.1, -0.05) is 24.8 Å². The van der Waals surface area contributed by atoms with E-state index in [-0.39, 0.29) is 5.91 Å². The van der Waals surface area contributed by atoms with Crippen LogP contribution in [-0.2, 0) is 4.79 Å². The van der Waals surface area contributed by atoms with Gasteiger partial charge < -0.3 is 4.90 Å². The maximum Gasteiger partial charge on any atom is 0.223 e. The average Bonchev–Trinajstić information content (AvgIpc) is 2.19. The number of rotatable bonds is 3. The zero-order valence-electron chi connectivity index (χ0n) is 8.66. The number of nitrogens with zero attached hydrogens (tertiary/aromatic N) is 1. The summed E-state index contributed by atoms with van der Waals surface area (Å²) >= 11 is 0. The summed E-state index contributed by atoms with van der Waals surface area (Å²) in [6.45, 7) is 7.91. The van der Waals surface area contributed by atoms with Crippen LogP contribution in [0.5, 0.6) is 0 Å². The summed E-state index contributed by atoms with van der Waals surface area (Å²) in [6, 6.07) is 7.77. The molecule has 0 atom stereocenters. The van der Waals surface area contributed by atoms with Crippen molar-refractivity contribution < 1.29 is 4.79 Å². The van der Waals surface area contributed by atoms with Gasteiger partial charge in [0.05, 0.1) is 0 Å². The number of benzene rings is 1. The lowest BCUT2D eigenvalue weighted by Gasteiger charge is -2.18. The van der Waals surface area contributed by atoms with E-state index in [1.165, 1.54) is 0 Å². The van der Waals surface area contributed by atoms with Gasteiger partial charge in [0.25, 0.3) is 0 Å². The molecule has 2 nitrogen and oxygen atoms in total. The second-order valence-corrected chi connectivity index (χ2v) is 3.06. The summed E-state index contributed by atoms with van der Waals surface area (Å²) in [4.78, 5) is 13.0. The molecule has 0 aliphatic carbocycles. The number of carbonyl (C=O) groups excluding carboxylic acids is 1. The molecule has 74 valence electrons. The van der Waals surface area contributed by atoms with E-state index in [2.05, 4.69) is 6.58 Å². The third kappa shape index (κ3) is 2.22. The van der Waals surface area contributed by atoms with Gasteiger partial charge in [-0.2, -0.15) is 0 Å². The molecule has 0 aromatic heterocycles. The van der Waals surface area contributed by atoms with E-state index in [1.54, 1.807) is 17.9 Å². The molecule has 0 radical (unpaired) electrons. The first-order chi connectivity index (χ1) is 6.69. The Hall–Kier alpha value is -1.57. The fraction of sp³-hybridized carbons (Fsp3) is 0.250. The second kappa shape index (κ2) is 4.61. The Morgan fingerprint density at radius 1 is 1.43 bits per heavy atom. The van der Waals surface area contributed by atoms with Crippen LogP contribution in [0.1, 0.15) is 19.4 Å². The SMILES string of the molecule is C=Cc1ccc(N(CC)C(C)=O)cc1. The van der Waals surface area contributed by atoms with Crippen LogP contribution >= 0.6 is 0 Å². The molecule has 0 aliphatic rings. The van der Waals surface area contributed by atoms with Crippen LogP contribution in [0.25, 0.3) is 6.08 Å². The quantitative estimate of drug-likeness (QED) is 0.716. The van der Waals surface area contributed by atoms with E-state index < -0.39 is 0 Å². The summed E-state index contributed by atoms with van der Waals surface area (Å²) < 4.78 is 0. The van der Waals surface area contributed by atoms with Gasteiger partial charge >= 0.3 is 0 Å². The van der Waals surface area contributed by atoms with Crippen LogP contribution in [-0.4, -0.2) is 12.5 Å². The van der Waals surface area contributed by atoms with E-state index in [1.807, 2.05) is 31.2 Å². The lowest BCUT2D eigenvalue weighted by atomic mass is 10.2. The van der Waals surface area contributed by atoms with Crippen molar-refractivity contribution in [3.63, 3.8) is 0 Å². The van der Waals surface area contributed by atoms with Crippen molar-refractivity contribution in [3.05, 3.63) is 36.4 Å². The first-order valence-corrected chi connectivity index (χ1v) is 4.69. The predicted octanol–water partition coefficient (Wildman–Crippen LogP) is 2.70. The Labute approximate surface area is 84.9 Å². The first-order valence-electron chi connectivity index (χ1n) is 4.69. The van der Waals surface area contributed by atoms with Gasteiger partial charge in [-0.25, -0.2) is 0 Å². The zero-order chi connectivity index (χ0) is 10.6. The second-order valence-electron chi connectivity index (χ2n) is 3.06. The minimum absolute atomic E-state index is 0.0684. The van der Waals surface area contributed by atoms with Crippen molar-refractivity contribution in [1.82, 2.24) is 0 Å². The molecule has 2 heteroatoms. The van der Waals surface area contributed by atoms with E-state index >= 15 is 0 Å². The van der Waals surface area contributed by atoms with Crippen molar-refractivity contribution >= 4 is 17.7 Å². The van der Waals surface area contributed by atoms with E-state index in [0.717, 1.165) is 11.3 Å². The number of carbonyl (C=O) groups is 1. The summed E-state index contributed by atoms with van der Waals surface area (Å²) in [5, 5.41) is 0. The third-order valence-corrected chi connectivity index (χ3v) is 2.14. The van der Waals surface area contributed by atoms with Gasteiger partial charge in [0, 0.05) is 19.2 Å². The van der Waals surface area contributed by atoms with E-state index in [0.29, 0.717) is 6.54 Å². The summed E-state index contributed by atoms with van der Waals surface area (Å²) in [7, 11) is 0. The zero-order valence-corrected chi connectivity index (χ0v) is 8.66. The molecule has 1 aromatic carbocycles. The Kier molecular flexibility index (Phi) is 3.46. The van der Waals surface area contributed by atoms with Gasteiger partial charge in [-0.3, -0.25) is 4.79 Å². The summed E-state index contributed by atoms with van der Waals surface area (Å²) in [5.41, 5.74) is 2.00. The molecule has 0 saturated heterocycles. The Morgan fingerprint density at radius 2 is 2.00 bits per heavy atom. The molecule has 0 aliphatic heterocycles. The molecule has 0 fully saturated rings.